The lowest BCUT2D eigenvalue weighted by Crippen LogP contribution is -2.32. The SMILES string of the molecule is O=[S@]1C[C@@H]2C[C@H]1CN2. The van der Waals surface area contributed by atoms with E-state index in [2.05, 4.69) is 5.32 Å². The van der Waals surface area contributed by atoms with Crippen LogP contribution in [0.25, 0.3) is 0 Å². The quantitative estimate of drug-likeness (QED) is 0.479. The minimum Gasteiger partial charge on any atom is -0.312 e. The maximum absolute atomic E-state index is 10.9. The number of hydrogen-bond acceptors (Lipinski definition) is 2. The van der Waals surface area contributed by atoms with E-state index in [1.807, 2.05) is 0 Å². The lowest BCUT2D eigenvalue weighted by Gasteiger charge is -2.08. The second-order valence-corrected chi connectivity index (χ2v) is 4.27. The topological polar surface area (TPSA) is 29.1 Å². The van der Waals surface area contributed by atoms with Crippen molar-refractivity contribution in [2.75, 3.05) is 12.3 Å². The Morgan fingerprint density at radius 1 is 1.62 bits per heavy atom. The third-order valence-electron chi connectivity index (χ3n) is 1.92. The van der Waals surface area contributed by atoms with Gasteiger partial charge in [0.05, 0.1) is 0 Å². The van der Waals surface area contributed by atoms with Crippen LogP contribution in [-0.2, 0) is 10.8 Å². The molecule has 0 spiro atoms. The summed E-state index contributed by atoms with van der Waals surface area (Å²) in [6.45, 7) is 0.997. The van der Waals surface area contributed by atoms with Gasteiger partial charge in [0.15, 0.2) is 0 Å². The Morgan fingerprint density at radius 2 is 2.50 bits per heavy atom. The van der Waals surface area contributed by atoms with E-state index in [-0.39, 0.29) is 0 Å². The normalized spacial score (nSPS) is 52.8. The van der Waals surface area contributed by atoms with Crippen LogP contribution in [0.1, 0.15) is 6.42 Å². The van der Waals surface area contributed by atoms with Crippen LogP contribution in [0.15, 0.2) is 0 Å². The van der Waals surface area contributed by atoms with E-state index in [0.29, 0.717) is 11.3 Å². The van der Waals surface area contributed by atoms with E-state index in [4.69, 9.17) is 0 Å². The Morgan fingerprint density at radius 3 is 2.75 bits per heavy atom. The maximum atomic E-state index is 10.9. The lowest BCUT2D eigenvalue weighted by molar-refractivity contribution is 0.648. The van der Waals surface area contributed by atoms with Crippen LogP contribution in [0, 0.1) is 0 Å². The molecule has 2 bridgehead atoms. The molecule has 2 rings (SSSR count). The molecule has 0 aliphatic carbocycles. The molecule has 0 unspecified atom stereocenters. The zero-order valence-electron chi connectivity index (χ0n) is 4.59. The summed E-state index contributed by atoms with van der Waals surface area (Å²) in [6.07, 6.45) is 1.16. The van der Waals surface area contributed by atoms with Crippen molar-refractivity contribution in [3.05, 3.63) is 0 Å². The molecule has 2 fully saturated rings. The zero-order chi connectivity index (χ0) is 5.56. The summed E-state index contributed by atoms with van der Waals surface area (Å²) in [7, 11) is -0.473. The molecule has 0 saturated carbocycles. The van der Waals surface area contributed by atoms with E-state index in [0.717, 1.165) is 18.7 Å². The third-order valence-corrected chi connectivity index (χ3v) is 3.75. The van der Waals surface area contributed by atoms with E-state index in [9.17, 15) is 4.21 Å². The van der Waals surface area contributed by atoms with Gasteiger partial charge >= 0.3 is 0 Å². The molecule has 1 N–H and O–H groups in total. The van der Waals surface area contributed by atoms with Crippen LogP contribution in [0.3, 0.4) is 0 Å². The first-order chi connectivity index (χ1) is 3.86. The Hall–Kier alpha value is 0.110. The highest BCUT2D eigenvalue weighted by Crippen LogP contribution is 2.21. The van der Waals surface area contributed by atoms with Crippen LogP contribution in [0.4, 0.5) is 0 Å². The van der Waals surface area contributed by atoms with Gasteiger partial charge in [-0.15, -0.1) is 0 Å². The molecule has 2 heterocycles. The number of fused-ring (bicyclic) bond motifs is 2. The standard InChI is InChI=1S/C5H9NOS/c7-8-3-4-1-5(8)2-6-4/h4-6H,1-3H2/t4-,5-,8-/m0/s1. The van der Waals surface area contributed by atoms with Crippen molar-refractivity contribution in [3.63, 3.8) is 0 Å². The first-order valence-corrected chi connectivity index (χ1v) is 4.35. The molecule has 2 nitrogen and oxygen atoms in total. The molecule has 2 aliphatic rings. The Bertz CT molecular complexity index is 136. The van der Waals surface area contributed by atoms with Gasteiger partial charge in [0.25, 0.3) is 0 Å². The van der Waals surface area contributed by atoms with Gasteiger partial charge in [0.2, 0.25) is 0 Å². The van der Waals surface area contributed by atoms with Crippen molar-refractivity contribution in [3.8, 4) is 0 Å². The fraction of sp³-hybridized carbons (Fsp3) is 1.00. The zero-order valence-corrected chi connectivity index (χ0v) is 5.41. The highest BCUT2D eigenvalue weighted by Gasteiger charge is 2.36. The molecule has 8 heavy (non-hydrogen) atoms. The Balaban J connectivity index is 2.22. The largest absolute Gasteiger partial charge is 0.312 e. The molecule has 0 aromatic heterocycles. The van der Waals surface area contributed by atoms with Crippen LogP contribution in [0.2, 0.25) is 0 Å². The molecule has 0 radical (unpaired) electrons. The van der Waals surface area contributed by atoms with E-state index < -0.39 is 10.8 Å². The predicted molar refractivity (Wildman–Crippen MR) is 33.2 cm³/mol. The van der Waals surface area contributed by atoms with Gasteiger partial charge < -0.3 is 5.32 Å². The molecular formula is C5H9NOS. The second-order valence-electron chi connectivity index (χ2n) is 2.51. The molecule has 0 aromatic rings. The molecule has 2 saturated heterocycles. The molecule has 2 aliphatic heterocycles. The monoisotopic (exact) mass is 131 g/mol. The summed E-state index contributed by atoms with van der Waals surface area (Å²) in [5.41, 5.74) is 0. The van der Waals surface area contributed by atoms with Gasteiger partial charge in [-0.05, 0) is 6.42 Å². The highest BCUT2D eigenvalue weighted by molar-refractivity contribution is 7.86. The van der Waals surface area contributed by atoms with Crippen molar-refractivity contribution in [2.24, 2.45) is 0 Å². The van der Waals surface area contributed by atoms with Gasteiger partial charge in [0.1, 0.15) is 0 Å². The van der Waals surface area contributed by atoms with Gasteiger partial charge in [0, 0.05) is 34.4 Å². The van der Waals surface area contributed by atoms with E-state index in [1.165, 1.54) is 0 Å². The van der Waals surface area contributed by atoms with Crippen LogP contribution >= 0.6 is 0 Å². The highest BCUT2D eigenvalue weighted by atomic mass is 32.2. The second kappa shape index (κ2) is 1.54. The minimum absolute atomic E-state index is 0.473. The molecule has 3 atom stereocenters. The third kappa shape index (κ3) is 0.545. The summed E-state index contributed by atoms with van der Waals surface area (Å²) >= 11 is 0. The Kier molecular flexibility index (Phi) is 0.954. The summed E-state index contributed by atoms with van der Waals surface area (Å²) in [5, 5.41) is 3.79. The van der Waals surface area contributed by atoms with Gasteiger partial charge in [-0.1, -0.05) is 0 Å². The van der Waals surface area contributed by atoms with Gasteiger partial charge in [-0.3, -0.25) is 4.21 Å². The number of hydrogen-bond donors (Lipinski definition) is 1. The van der Waals surface area contributed by atoms with Crippen LogP contribution < -0.4 is 5.32 Å². The first-order valence-electron chi connectivity index (χ1n) is 2.97. The first kappa shape index (κ1) is 4.94. The fourth-order valence-corrected chi connectivity index (χ4v) is 3.10. The average Bonchev–Trinajstić information content (AvgIpc) is 2.23. The van der Waals surface area contributed by atoms with Crippen LogP contribution in [-0.4, -0.2) is 27.8 Å². The van der Waals surface area contributed by atoms with Crippen molar-refractivity contribution in [2.45, 2.75) is 17.7 Å². The maximum Gasteiger partial charge on any atom is 0.0488 e. The number of rotatable bonds is 0. The summed E-state index contributed by atoms with van der Waals surface area (Å²) < 4.78 is 10.9. The van der Waals surface area contributed by atoms with Crippen molar-refractivity contribution >= 4 is 10.8 Å². The van der Waals surface area contributed by atoms with Gasteiger partial charge in [-0.25, -0.2) is 0 Å². The molecule has 46 valence electrons. The van der Waals surface area contributed by atoms with Crippen LogP contribution in [0.5, 0.6) is 0 Å². The average molecular weight is 131 g/mol. The van der Waals surface area contributed by atoms with E-state index in [1.54, 1.807) is 0 Å². The van der Waals surface area contributed by atoms with Crippen molar-refractivity contribution in [1.29, 1.82) is 0 Å². The minimum atomic E-state index is -0.473. The van der Waals surface area contributed by atoms with Gasteiger partial charge in [-0.2, -0.15) is 0 Å². The molecule has 0 amide bonds. The Labute approximate surface area is 51.1 Å². The van der Waals surface area contributed by atoms with Crippen molar-refractivity contribution in [1.82, 2.24) is 5.32 Å². The lowest BCUT2D eigenvalue weighted by atomic mass is 10.3. The fourth-order valence-electron chi connectivity index (χ4n) is 1.44. The number of nitrogens with one attached hydrogen (secondary N) is 1. The summed E-state index contributed by atoms with van der Waals surface area (Å²) in [4.78, 5) is 0. The van der Waals surface area contributed by atoms with E-state index >= 15 is 0 Å². The predicted octanol–water partition coefficient (Wildman–Crippen LogP) is -0.521. The smallest absolute Gasteiger partial charge is 0.0488 e. The summed E-state index contributed by atoms with van der Waals surface area (Å²) in [5.74, 6) is 0.907. The summed E-state index contributed by atoms with van der Waals surface area (Å²) in [6, 6.07) is 0.598. The molecular weight excluding hydrogens is 122 g/mol. The molecule has 3 heteroatoms. The van der Waals surface area contributed by atoms with Crippen molar-refractivity contribution < 1.29 is 4.21 Å². The molecule has 0 aromatic carbocycles.